The minimum absolute atomic E-state index is 0.235. The molecule has 0 radical (unpaired) electrons. The summed E-state index contributed by atoms with van der Waals surface area (Å²) in [6.07, 6.45) is -2.42. The second kappa shape index (κ2) is 14.2. The molecule has 0 N–H and O–H groups in total. The lowest BCUT2D eigenvalue weighted by atomic mass is 10.2. The molecule has 1 aliphatic heterocycles. The zero-order valence-electron chi connectivity index (χ0n) is 28.5. The van der Waals surface area contributed by atoms with Gasteiger partial charge in [-0.25, -0.2) is 4.39 Å². The summed E-state index contributed by atoms with van der Waals surface area (Å²) < 4.78 is 37.2. The van der Waals surface area contributed by atoms with Crippen LogP contribution in [0.2, 0.25) is 10.1 Å². The fourth-order valence-electron chi connectivity index (χ4n) is 7.08. The first-order valence-corrected chi connectivity index (χ1v) is 21.1. The van der Waals surface area contributed by atoms with E-state index in [0.29, 0.717) is 0 Å². The molecular weight excluding hydrogens is 640 g/mol. The SMILES string of the molecule is CC(=O)OC1SC(CO[Si](c2ccccc2)(c2ccccc2)C(C)(C)C)C(O[Si](c2ccccc2)(c2ccccc2)C(C)(C)C)C1F. The van der Waals surface area contributed by atoms with Crippen molar-refractivity contribution >= 4 is 55.1 Å². The van der Waals surface area contributed by atoms with Gasteiger partial charge in [-0.3, -0.25) is 4.79 Å². The van der Waals surface area contributed by atoms with Crippen molar-refractivity contribution in [2.75, 3.05) is 6.61 Å². The summed E-state index contributed by atoms with van der Waals surface area (Å²) in [6.45, 7) is 14.8. The molecule has 0 saturated carbocycles. The first-order valence-electron chi connectivity index (χ1n) is 16.3. The Balaban J connectivity index is 1.63. The predicted molar refractivity (Wildman–Crippen MR) is 198 cm³/mol. The number of ether oxygens (including phenoxy) is 1. The van der Waals surface area contributed by atoms with E-state index >= 15 is 4.39 Å². The molecule has 4 aromatic rings. The van der Waals surface area contributed by atoms with Crippen molar-refractivity contribution in [1.82, 2.24) is 0 Å². The van der Waals surface area contributed by atoms with Gasteiger partial charge in [0.25, 0.3) is 16.6 Å². The van der Waals surface area contributed by atoms with Crippen LogP contribution in [-0.4, -0.2) is 52.2 Å². The molecule has 4 atom stereocenters. The van der Waals surface area contributed by atoms with E-state index in [1.54, 1.807) is 0 Å². The van der Waals surface area contributed by atoms with Crippen molar-refractivity contribution in [3.8, 4) is 0 Å². The van der Waals surface area contributed by atoms with Crippen molar-refractivity contribution in [2.24, 2.45) is 0 Å². The Labute approximate surface area is 286 Å². The summed E-state index contributed by atoms with van der Waals surface area (Å²) in [4.78, 5) is 12.2. The van der Waals surface area contributed by atoms with Gasteiger partial charge in [0.05, 0.1) is 11.4 Å². The van der Waals surface area contributed by atoms with E-state index in [1.165, 1.54) is 18.7 Å². The van der Waals surface area contributed by atoms with Crippen LogP contribution in [0, 0.1) is 0 Å². The van der Waals surface area contributed by atoms with Crippen LogP contribution >= 0.6 is 11.8 Å². The number of rotatable bonds is 10. The Hall–Kier alpha value is -3.02. The van der Waals surface area contributed by atoms with E-state index in [1.807, 2.05) is 48.5 Å². The first-order chi connectivity index (χ1) is 22.3. The van der Waals surface area contributed by atoms with Crippen LogP contribution in [0.15, 0.2) is 121 Å². The van der Waals surface area contributed by atoms with Crippen LogP contribution in [0.3, 0.4) is 0 Å². The Bertz CT molecular complexity index is 1520. The number of esters is 1. The van der Waals surface area contributed by atoms with Gasteiger partial charge in [-0.15, -0.1) is 11.8 Å². The maximum absolute atomic E-state index is 16.9. The van der Waals surface area contributed by atoms with Crippen molar-refractivity contribution in [3.05, 3.63) is 121 Å². The molecule has 0 bridgehead atoms. The van der Waals surface area contributed by atoms with E-state index in [0.717, 1.165) is 20.7 Å². The molecule has 1 fully saturated rings. The van der Waals surface area contributed by atoms with Crippen molar-refractivity contribution in [3.63, 3.8) is 0 Å². The largest absolute Gasteiger partial charge is 0.448 e. The van der Waals surface area contributed by atoms with Gasteiger partial charge in [-0.2, -0.15) is 0 Å². The van der Waals surface area contributed by atoms with Gasteiger partial charge >= 0.3 is 5.97 Å². The minimum atomic E-state index is -3.14. The number of hydrogen-bond donors (Lipinski definition) is 0. The molecule has 0 spiro atoms. The monoisotopic (exact) mass is 686 g/mol. The minimum Gasteiger partial charge on any atom is -0.448 e. The van der Waals surface area contributed by atoms with Gasteiger partial charge < -0.3 is 13.6 Å². The summed E-state index contributed by atoms with van der Waals surface area (Å²) in [5.41, 5.74) is -0.997. The van der Waals surface area contributed by atoms with E-state index in [-0.39, 0.29) is 16.7 Å². The van der Waals surface area contributed by atoms with Gasteiger partial charge in [0.2, 0.25) is 0 Å². The summed E-state index contributed by atoms with van der Waals surface area (Å²) in [5, 5.41) is 3.40. The fourth-order valence-corrected chi connectivity index (χ4v) is 17.9. The quantitative estimate of drug-likeness (QED) is 0.135. The number of benzene rings is 4. The maximum Gasteiger partial charge on any atom is 0.303 e. The Morgan fingerprint density at radius 2 is 1.02 bits per heavy atom. The zero-order chi connectivity index (χ0) is 33.9. The lowest BCUT2D eigenvalue weighted by Crippen LogP contribution is -2.69. The van der Waals surface area contributed by atoms with Crippen LogP contribution in [0.25, 0.3) is 0 Å². The molecule has 1 heterocycles. The highest BCUT2D eigenvalue weighted by molar-refractivity contribution is 8.00. The van der Waals surface area contributed by atoms with E-state index in [9.17, 15) is 4.79 Å². The number of hydrogen-bond acceptors (Lipinski definition) is 5. The summed E-state index contributed by atoms with van der Waals surface area (Å²) in [5.74, 6) is -0.511. The van der Waals surface area contributed by atoms with Crippen LogP contribution in [0.1, 0.15) is 48.5 Å². The molecule has 1 aliphatic rings. The second-order valence-electron chi connectivity index (χ2n) is 14.3. The topological polar surface area (TPSA) is 44.8 Å². The van der Waals surface area contributed by atoms with E-state index in [2.05, 4.69) is 114 Å². The lowest BCUT2D eigenvalue weighted by molar-refractivity contribution is -0.145. The smallest absolute Gasteiger partial charge is 0.303 e. The third-order valence-electron chi connectivity index (χ3n) is 9.14. The Morgan fingerprint density at radius 1 is 0.660 bits per heavy atom. The summed E-state index contributed by atoms with van der Waals surface area (Å²) >= 11 is 1.31. The lowest BCUT2D eigenvalue weighted by Gasteiger charge is -2.46. The second-order valence-corrected chi connectivity index (χ2v) is 24.2. The number of thioether (sulfide) groups is 1. The number of carbonyl (C=O) groups is 1. The molecule has 1 saturated heterocycles. The fraction of sp³-hybridized carbons (Fsp3) is 0.359. The first kappa shape index (κ1) is 35.3. The molecule has 4 unspecified atom stereocenters. The molecule has 47 heavy (non-hydrogen) atoms. The molecule has 4 nitrogen and oxygen atoms in total. The molecule has 8 heteroatoms. The zero-order valence-corrected chi connectivity index (χ0v) is 31.3. The molecular formula is C39H47FO4SSi2. The molecule has 248 valence electrons. The standard InChI is InChI=1S/C39H47FO4SSi2/c1-29(41)43-37-35(40)36(44-47(39(5,6)7,32-24-16-10-17-25-32)33-26-18-11-19-27-33)34(45-37)28-42-46(38(2,3)4,30-20-12-8-13-21-30)31-22-14-9-15-23-31/h8-27,34-37H,28H2,1-7H3. The molecule has 0 aliphatic carbocycles. The Kier molecular flexibility index (Phi) is 10.7. The highest BCUT2D eigenvalue weighted by Crippen LogP contribution is 2.46. The number of halogens is 1. The molecule has 4 aromatic carbocycles. The summed E-state index contributed by atoms with van der Waals surface area (Å²) in [7, 11) is -6.08. The summed E-state index contributed by atoms with van der Waals surface area (Å²) in [6, 6.07) is 41.4. The van der Waals surface area contributed by atoms with Crippen molar-refractivity contribution < 1.29 is 22.8 Å². The highest BCUT2D eigenvalue weighted by Gasteiger charge is 2.58. The van der Waals surface area contributed by atoms with Crippen LogP contribution < -0.4 is 20.7 Å². The van der Waals surface area contributed by atoms with Gasteiger partial charge in [0.1, 0.15) is 0 Å². The Morgan fingerprint density at radius 3 is 1.36 bits per heavy atom. The van der Waals surface area contributed by atoms with Crippen molar-refractivity contribution in [1.29, 1.82) is 0 Å². The van der Waals surface area contributed by atoms with Crippen LogP contribution in [0.5, 0.6) is 0 Å². The predicted octanol–water partition coefficient (Wildman–Crippen LogP) is 6.85. The van der Waals surface area contributed by atoms with Crippen molar-refractivity contribution in [2.45, 2.75) is 81.5 Å². The van der Waals surface area contributed by atoms with E-state index in [4.69, 9.17) is 13.6 Å². The third kappa shape index (κ3) is 6.94. The maximum atomic E-state index is 16.9. The van der Waals surface area contributed by atoms with Gasteiger partial charge in [-0.05, 0) is 30.8 Å². The van der Waals surface area contributed by atoms with Gasteiger partial charge in [0, 0.05) is 13.5 Å². The number of alkyl halides is 1. The molecule has 0 aromatic heterocycles. The van der Waals surface area contributed by atoms with E-state index < -0.39 is 45.6 Å². The third-order valence-corrected chi connectivity index (χ3v) is 20.6. The molecule has 0 amide bonds. The number of carbonyl (C=O) groups excluding carboxylic acids is 1. The van der Waals surface area contributed by atoms with Crippen LogP contribution in [0.4, 0.5) is 4.39 Å². The van der Waals surface area contributed by atoms with Gasteiger partial charge in [-0.1, -0.05) is 163 Å². The van der Waals surface area contributed by atoms with Gasteiger partial charge in [0.15, 0.2) is 11.6 Å². The normalized spacial score (nSPS) is 20.6. The average molecular weight is 687 g/mol. The van der Waals surface area contributed by atoms with Crippen LogP contribution in [-0.2, 0) is 18.4 Å². The highest BCUT2D eigenvalue weighted by atomic mass is 32.2. The molecule has 5 rings (SSSR count). The average Bonchev–Trinajstić information content (AvgIpc) is 3.33.